The molecule has 0 radical (unpaired) electrons. The molecule has 0 unspecified atom stereocenters. The number of hydrogen-bond donors (Lipinski definition) is 0. The van der Waals surface area contributed by atoms with Crippen molar-refractivity contribution in [2.24, 2.45) is 16.7 Å². The van der Waals surface area contributed by atoms with E-state index < -0.39 is 0 Å². The third-order valence-corrected chi connectivity index (χ3v) is 4.31. The van der Waals surface area contributed by atoms with Crippen LogP contribution in [0.5, 0.6) is 0 Å². The average Bonchev–Trinajstić information content (AvgIpc) is 2.27. The van der Waals surface area contributed by atoms with Gasteiger partial charge in [0.15, 0.2) is 0 Å². The predicted octanol–water partition coefficient (Wildman–Crippen LogP) is 3.18. The van der Waals surface area contributed by atoms with Gasteiger partial charge in [0.05, 0.1) is 0 Å². The molecule has 2 aliphatic rings. The topological polar surface area (TPSA) is 17.1 Å². The van der Waals surface area contributed by atoms with Gasteiger partial charge in [-0.05, 0) is 30.1 Å². The molecule has 0 heterocycles. The molecule has 2 rings (SSSR count). The zero-order valence-corrected chi connectivity index (χ0v) is 9.02. The summed E-state index contributed by atoms with van der Waals surface area (Å²) in [6, 6.07) is 0. The smallest absolute Gasteiger partial charge is 0.137 e. The summed E-state index contributed by atoms with van der Waals surface area (Å²) in [5.74, 6) is 0.890. The van der Waals surface area contributed by atoms with Gasteiger partial charge in [-0.25, -0.2) is 0 Å². The second-order valence-corrected chi connectivity index (χ2v) is 5.90. The summed E-state index contributed by atoms with van der Waals surface area (Å²) < 4.78 is 0. The van der Waals surface area contributed by atoms with Crippen molar-refractivity contribution in [2.75, 3.05) is 0 Å². The molecule has 0 bridgehead atoms. The lowest BCUT2D eigenvalue weighted by Gasteiger charge is -2.46. The quantitative estimate of drug-likeness (QED) is 0.559. The number of Topliss-reactive ketones (excluding diaryl/α,β-unsaturated/α-hetero) is 1. The third-order valence-electron chi connectivity index (χ3n) is 4.31. The molecule has 0 saturated heterocycles. The van der Waals surface area contributed by atoms with Gasteiger partial charge in [-0.3, -0.25) is 4.79 Å². The highest BCUT2D eigenvalue weighted by atomic mass is 16.1. The molecule has 0 N–H and O–H groups in total. The highest BCUT2D eigenvalue weighted by Gasteiger charge is 2.53. The monoisotopic (exact) mass is 180 g/mol. The summed E-state index contributed by atoms with van der Waals surface area (Å²) in [5.41, 5.74) is 0.611. The van der Waals surface area contributed by atoms with Gasteiger partial charge >= 0.3 is 0 Å². The molecule has 2 aliphatic carbocycles. The van der Waals surface area contributed by atoms with E-state index in [0.717, 1.165) is 12.8 Å². The Balaban J connectivity index is 2.35. The average molecular weight is 180 g/mol. The van der Waals surface area contributed by atoms with Crippen LogP contribution in [0.4, 0.5) is 0 Å². The molecule has 2 saturated carbocycles. The Morgan fingerprint density at radius 2 is 1.85 bits per heavy atom. The minimum absolute atomic E-state index is 0.264. The van der Waals surface area contributed by atoms with Gasteiger partial charge < -0.3 is 0 Å². The summed E-state index contributed by atoms with van der Waals surface area (Å²) in [6.07, 6.45) is 5.80. The molecule has 0 aliphatic heterocycles. The van der Waals surface area contributed by atoms with E-state index in [0.29, 0.717) is 17.1 Å². The SMILES string of the molecule is CC1(C)CCC[C@]2(C)CCC(=O)[C@H]12. The first kappa shape index (κ1) is 9.23. The number of fused-ring (bicyclic) bond motifs is 1. The Morgan fingerprint density at radius 1 is 1.15 bits per heavy atom. The van der Waals surface area contributed by atoms with Crippen LogP contribution in [-0.2, 0) is 4.79 Å². The van der Waals surface area contributed by atoms with Crippen LogP contribution in [0, 0.1) is 16.7 Å². The van der Waals surface area contributed by atoms with E-state index in [1.807, 2.05) is 0 Å². The van der Waals surface area contributed by atoms with Crippen molar-refractivity contribution in [3.63, 3.8) is 0 Å². The van der Waals surface area contributed by atoms with Crippen LogP contribution in [0.2, 0.25) is 0 Å². The summed E-state index contributed by atoms with van der Waals surface area (Å²) in [6.45, 7) is 6.88. The maximum atomic E-state index is 11.8. The molecule has 1 heteroatoms. The highest BCUT2D eigenvalue weighted by Crippen LogP contribution is 2.57. The Bertz CT molecular complexity index is 242. The number of carbonyl (C=O) groups is 1. The molecule has 74 valence electrons. The van der Waals surface area contributed by atoms with E-state index in [9.17, 15) is 4.79 Å². The molecule has 1 nitrogen and oxygen atoms in total. The van der Waals surface area contributed by atoms with Gasteiger partial charge in [0.25, 0.3) is 0 Å². The Morgan fingerprint density at radius 3 is 2.46 bits per heavy atom. The maximum Gasteiger partial charge on any atom is 0.137 e. The van der Waals surface area contributed by atoms with E-state index in [4.69, 9.17) is 0 Å². The fraction of sp³-hybridized carbons (Fsp3) is 0.917. The molecule has 0 spiro atoms. The van der Waals surface area contributed by atoms with Crippen molar-refractivity contribution < 1.29 is 4.79 Å². The molecule has 0 aromatic rings. The normalized spacial score (nSPS) is 43.3. The highest BCUT2D eigenvalue weighted by molar-refractivity contribution is 5.85. The van der Waals surface area contributed by atoms with Crippen molar-refractivity contribution in [2.45, 2.75) is 52.9 Å². The second kappa shape index (κ2) is 2.59. The summed E-state index contributed by atoms with van der Waals surface area (Å²) in [4.78, 5) is 11.8. The first-order chi connectivity index (χ1) is 5.96. The van der Waals surface area contributed by atoms with E-state index in [2.05, 4.69) is 20.8 Å². The standard InChI is InChI=1S/C12H20O/c1-11(2)6-4-7-12(3)8-5-9(13)10(11)12/h10H,4-8H2,1-3H3/t10-,12-/m1/s1. The molecular weight excluding hydrogens is 160 g/mol. The number of rotatable bonds is 0. The van der Waals surface area contributed by atoms with Gasteiger partial charge in [0.2, 0.25) is 0 Å². The fourth-order valence-electron chi connectivity index (χ4n) is 3.83. The predicted molar refractivity (Wildman–Crippen MR) is 53.5 cm³/mol. The van der Waals surface area contributed by atoms with E-state index in [-0.39, 0.29) is 5.41 Å². The zero-order valence-electron chi connectivity index (χ0n) is 9.02. The van der Waals surface area contributed by atoms with E-state index in [1.54, 1.807) is 0 Å². The summed E-state index contributed by atoms with van der Waals surface area (Å²) >= 11 is 0. The number of ketones is 1. The molecule has 13 heavy (non-hydrogen) atoms. The molecule has 0 amide bonds. The molecule has 0 aromatic carbocycles. The lowest BCUT2D eigenvalue weighted by atomic mass is 9.58. The van der Waals surface area contributed by atoms with Crippen molar-refractivity contribution >= 4 is 5.78 Å². The van der Waals surface area contributed by atoms with Crippen LogP contribution in [0.15, 0.2) is 0 Å². The van der Waals surface area contributed by atoms with Crippen molar-refractivity contribution in [3.8, 4) is 0 Å². The number of hydrogen-bond acceptors (Lipinski definition) is 1. The molecule has 2 fully saturated rings. The zero-order chi connectivity index (χ0) is 9.69. The maximum absolute atomic E-state index is 11.8. The Labute approximate surface area is 80.9 Å². The van der Waals surface area contributed by atoms with E-state index in [1.165, 1.54) is 19.3 Å². The Hall–Kier alpha value is -0.330. The van der Waals surface area contributed by atoms with Crippen LogP contribution >= 0.6 is 0 Å². The first-order valence-corrected chi connectivity index (χ1v) is 5.48. The lowest BCUT2D eigenvalue weighted by molar-refractivity contribution is -0.128. The summed E-state index contributed by atoms with van der Waals surface area (Å²) in [5, 5.41) is 0. The van der Waals surface area contributed by atoms with Crippen LogP contribution < -0.4 is 0 Å². The van der Waals surface area contributed by atoms with Crippen LogP contribution in [0.1, 0.15) is 52.9 Å². The molecular formula is C12H20O. The van der Waals surface area contributed by atoms with Gasteiger partial charge in [-0.2, -0.15) is 0 Å². The molecule has 2 atom stereocenters. The van der Waals surface area contributed by atoms with Crippen LogP contribution in [0.3, 0.4) is 0 Å². The van der Waals surface area contributed by atoms with Crippen molar-refractivity contribution in [1.29, 1.82) is 0 Å². The summed E-state index contributed by atoms with van der Waals surface area (Å²) in [7, 11) is 0. The molecule has 0 aromatic heterocycles. The van der Waals surface area contributed by atoms with Crippen molar-refractivity contribution in [1.82, 2.24) is 0 Å². The van der Waals surface area contributed by atoms with Crippen molar-refractivity contribution in [3.05, 3.63) is 0 Å². The third kappa shape index (κ3) is 1.24. The van der Waals surface area contributed by atoms with Gasteiger partial charge in [-0.1, -0.05) is 27.2 Å². The largest absolute Gasteiger partial charge is 0.299 e. The minimum atomic E-state index is 0.264. The second-order valence-electron chi connectivity index (χ2n) is 5.90. The van der Waals surface area contributed by atoms with Crippen LogP contribution in [-0.4, -0.2) is 5.78 Å². The van der Waals surface area contributed by atoms with Gasteiger partial charge in [0, 0.05) is 12.3 Å². The lowest BCUT2D eigenvalue weighted by Crippen LogP contribution is -2.41. The van der Waals surface area contributed by atoms with Gasteiger partial charge in [0.1, 0.15) is 5.78 Å². The van der Waals surface area contributed by atoms with E-state index >= 15 is 0 Å². The minimum Gasteiger partial charge on any atom is -0.299 e. The number of carbonyl (C=O) groups excluding carboxylic acids is 1. The Kier molecular flexibility index (Phi) is 1.84. The first-order valence-electron chi connectivity index (χ1n) is 5.48. The van der Waals surface area contributed by atoms with Crippen LogP contribution in [0.25, 0.3) is 0 Å². The fourth-order valence-corrected chi connectivity index (χ4v) is 3.83. The van der Waals surface area contributed by atoms with Gasteiger partial charge in [-0.15, -0.1) is 0 Å².